The normalized spacial score (nSPS) is 19.5. The van der Waals surface area contributed by atoms with Gasteiger partial charge in [0.1, 0.15) is 0 Å². The third-order valence-corrected chi connectivity index (χ3v) is 4.38. The maximum atomic E-state index is 12.8. The van der Waals surface area contributed by atoms with Crippen molar-refractivity contribution in [2.45, 2.75) is 38.6 Å². The summed E-state index contributed by atoms with van der Waals surface area (Å²) < 4.78 is 45.0. The largest absolute Gasteiger partial charge is 0.415 e. The summed E-state index contributed by atoms with van der Waals surface area (Å²) in [4.78, 5) is 1.75. The van der Waals surface area contributed by atoms with Crippen molar-refractivity contribution in [1.29, 1.82) is 0 Å². The van der Waals surface area contributed by atoms with E-state index < -0.39 is 12.3 Å². The Morgan fingerprint density at radius 1 is 1.24 bits per heavy atom. The van der Waals surface area contributed by atoms with Crippen molar-refractivity contribution < 1.29 is 17.9 Å². The Balaban J connectivity index is 1.65. The number of alkyl halides is 3. The maximum absolute atomic E-state index is 12.8. The summed E-state index contributed by atoms with van der Waals surface area (Å²) in [7, 11) is 0. The van der Waals surface area contributed by atoms with Crippen LogP contribution in [0.3, 0.4) is 0 Å². The molecule has 0 saturated carbocycles. The molecule has 0 spiro atoms. The van der Waals surface area contributed by atoms with E-state index in [0.717, 1.165) is 11.3 Å². The Labute approximate surface area is 145 Å². The predicted molar refractivity (Wildman–Crippen MR) is 88.7 cm³/mol. The van der Waals surface area contributed by atoms with E-state index >= 15 is 0 Å². The first-order chi connectivity index (χ1) is 11.8. The fourth-order valence-corrected chi connectivity index (χ4v) is 2.90. The minimum absolute atomic E-state index is 0.0922. The van der Waals surface area contributed by atoms with Crippen LogP contribution in [0.25, 0.3) is 5.69 Å². The van der Waals surface area contributed by atoms with Crippen LogP contribution in [0, 0.1) is 0 Å². The molecule has 1 aliphatic rings. The Bertz CT molecular complexity index is 694. The Kier molecular flexibility index (Phi) is 5.15. The molecule has 1 aromatic carbocycles. The Morgan fingerprint density at radius 3 is 2.60 bits per heavy atom. The molecule has 136 valence electrons. The number of ether oxygens (including phenoxy) is 1. The fourth-order valence-electron chi connectivity index (χ4n) is 2.90. The van der Waals surface area contributed by atoms with Gasteiger partial charge in [0.05, 0.1) is 18.5 Å². The smallest absolute Gasteiger partial charge is 0.366 e. The minimum atomic E-state index is -4.32. The van der Waals surface area contributed by atoms with Gasteiger partial charge in [0.25, 0.3) is 0 Å². The lowest BCUT2D eigenvalue weighted by Gasteiger charge is -2.33. The van der Waals surface area contributed by atoms with Crippen LogP contribution in [0.4, 0.5) is 13.2 Å². The van der Waals surface area contributed by atoms with Crippen molar-refractivity contribution in [3.8, 4) is 5.69 Å². The molecule has 0 radical (unpaired) electrons. The van der Waals surface area contributed by atoms with Crippen molar-refractivity contribution in [2.75, 3.05) is 19.7 Å². The van der Waals surface area contributed by atoms with Crippen molar-refractivity contribution in [2.24, 2.45) is 0 Å². The molecule has 0 bridgehead atoms. The lowest BCUT2D eigenvalue weighted by Crippen LogP contribution is -2.48. The molecule has 1 aliphatic heterocycles. The number of morpholine rings is 1. The number of hydrogen-bond donors (Lipinski definition) is 0. The lowest BCUT2D eigenvalue weighted by atomic mass is 10.0. The van der Waals surface area contributed by atoms with Gasteiger partial charge in [-0.1, -0.05) is 26.0 Å². The number of rotatable bonds is 4. The van der Waals surface area contributed by atoms with Crippen molar-refractivity contribution in [1.82, 2.24) is 14.7 Å². The Morgan fingerprint density at radius 2 is 1.96 bits per heavy atom. The van der Waals surface area contributed by atoms with Gasteiger partial charge < -0.3 is 4.74 Å². The predicted octanol–water partition coefficient (Wildman–Crippen LogP) is 3.76. The monoisotopic (exact) mass is 353 g/mol. The van der Waals surface area contributed by atoms with Gasteiger partial charge in [-0.3, -0.25) is 4.90 Å². The van der Waals surface area contributed by atoms with Crippen LogP contribution in [-0.2, 0) is 11.3 Å². The van der Waals surface area contributed by atoms with Crippen LogP contribution in [0.2, 0.25) is 0 Å². The van der Waals surface area contributed by atoms with Crippen molar-refractivity contribution in [3.05, 3.63) is 47.8 Å². The van der Waals surface area contributed by atoms with Crippen LogP contribution in [0.1, 0.15) is 30.9 Å². The molecule has 0 aliphatic carbocycles. The van der Waals surface area contributed by atoms with Gasteiger partial charge in [-0.25, -0.2) is 4.68 Å². The second kappa shape index (κ2) is 7.17. The molecule has 4 nitrogen and oxygen atoms in total. The average molecular weight is 353 g/mol. The molecule has 25 heavy (non-hydrogen) atoms. The van der Waals surface area contributed by atoms with E-state index in [9.17, 15) is 13.2 Å². The highest BCUT2D eigenvalue weighted by atomic mass is 19.4. The number of aromatic nitrogens is 2. The molecule has 1 saturated heterocycles. The van der Waals surface area contributed by atoms with E-state index in [2.05, 4.69) is 31.1 Å². The summed E-state index contributed by atoms with van der Waals surface area (Å²) in [5.74, 6) is 0.463. The molecule has 7 heteroatoms. The maximum Gasteiger partial charge on any atom is 0.415 e. The molecule has 3 rings (SSSR count). The first-order valence-corrected chi connectivity index (χ1v) is 8.37. The molecule has 1 atom stereocenters. The van der Waals surface area contributed by atoms with Crippen LogP contribution >= 0.6 is 0 Å². The molecular formula is C18H22F3N3O. The molecule has 2 heterocycles. The van der Waals surface area contributed by atoms with E-state index in [1.54, 1.807) is 15.8 Å². The summed E-state index contributed by atoms with van der Waals surface area (Å²) in [5, 5.41) is 4.33. The zero-order chi connectivity index (χ0) is 18.0. The van der Waals surface area contributed by atoms with Crippen LogP contribution in [-0.4, -0.2) is 46.7 Å². The highest BCUT2D eigenvalue weighted by molar-refractivity contribution is 5.35. The van der Waals surface area contributed by atoms with Gasteiger partial charge >= 0.3 is 6.18 Å². The fraction of sp³-hybridized carbons (Fsp3) is 0.500. The molecule has 1 aromatic heterocycles. The highest BCUT2D eigenvalue weighted by Crippen LogP contribution is 2.26. The molecule has 1 fully saturated rings. The summed E-state index contributed by atoms with van der Waals surface area (Å²) in [6, 6.07) is 8.13. The summed E-state index contributed by atoms with van der Waals surface area (Å²) in [5.41, 5.74) is 3.07. The molecule has 1 unspecified atom stereocenters. The first-order valence-electron chi connectivity index (χ1n) is 8.37. The highest BCUT2D eigenvalue weighted by Gasteiger charge is 2.43. The molecule has 0 amide bonds. The first kappa shape index (κ1) is 17.9. The zero-order valence-electron chi connectivity index (χ0n) is 14.3. The molecule has 0 N–H and O–H groups in total. The minimum Gasteiger partial charge on any atom is -0.366 e. The number of benzene rings is 1. The van der Waals surface area contributed by atoms with Gasteiger partial charge in [0.15, 0.2) is 6.10 Å². The van der Waals surface area contributed by atoms with Crippen LogP contribution in [0.5, 0.6) is 0 Å². The van der Waals surface area contributed by atoms with E-state index in [1.807, 2.05) is 18.3 Å². The summed E-state index contributed by atoms with van der Waals surface area (Å²) >= 11 is 0. The van der Waals surface area contributed by atoms with Crippen molar-refractivity contribution in [3.63, 3.8) is 0 Å². The van der Waals surface area contributed by atoms with Gasteiger partial charge in [-0.05, 0) is 23.6 Å². The van der Waals surface area contributed by atoms with E-state index in [4.69, 9.17) is 4.74 Å². The van der Waals surface area contributed by atoms with Gasteiger partial charge in [-0.2, -0.15) is 18.3 Å². The number of halogens is 3. The van der Waals surface area contributed by atoms with E-state index in [-0.39, 0.29) is 13.2 Å². The molecule has 2 aromatic rings. The third kappa shape index (κ3) is 4.41. The second-order valence-electron chi connectivity index (χ2n) is 6.68. The second-order valence-corrected chi connectivity index (χ2v) is 6.68. The van der Waals surface area contributed by atoms with Gasteiger partial charge in [-0.15, -0.1) is 0 Å². The van der Waals surface area contributed by atoms with Crippen LogP contribution < -0.4 is 0 Å². The molecular weight excluding hydrogens is 331 g/mol. The van der Waals surface area contributed by atoms with Crippen molar-refractivity contribution >= 4 is 0 Å². The standard InChI is InChI=1S/C18H22F3N3O/c1-13(2)15-3-5-16(6-4-15)24-11-14(9-22-24)10-23-7-8-25-17(12-23)18(19,20)21/h3-6,9,11,13,17H,7-8,10,12H2,1-2H3. The van der Waals surface area contributed by atoms with Gasteiger partial charge in [0.2, 0.25) is 0 Å². The van der Waals surface area contributed by atoms with Crippen LogP contribution in [0.15, 0.2) is 36.7 Å². The van der Waals surface area contributed by atoms with E-state index in [1.165, 1.54) is 5.56 Å². The number of hydrogen-bond acceptors (Lipinski definition) is 3. The van der Waals surface area contributed by atoms with Gasteiger partial charge in [0, 0.05) is 31.4 Å². The summed E-state index contributed by atoms with van der Waals surface area (Å²) in [6.45, 7) is 5.14. The average Bonchev–Trinajstić information content (AvgIpc) is 3.03. The lowest BCUT2D eigenvalue weighted by molar-refractivity contribution is -0.237. The number of nitrogens with zero attached hydrogens (tertiary/aromatic N) is 3. The van der Waals surface area contributed by atoms with E-state index in [0.29, 0.717) is 19.0 Å². The quantitative estimate of drug-likeness (QED) is 0.838. The topological polar surface area (TPSA) is 30.3 Å². The summed E-state index contributed by atoms with van der Waals surface area (Å²) in [6.07, 6.45) is -2.46. The SMILES string of the molecule is CC(C)c1ccc(-n2cc(CN3CCOC(C(F)(F)F)C3)cn2)cc1. The Hall–Kier alpha value is -1.86. The third-order valence-electron chi connectivity index (χ3n) is 4.38. The zero-order valence-corrected chi connectivity index (χ0v) is 14.3.